The average molecular weight is 346 g/mol. The maximum atomic E-state index is 6.03. The van der Waals surface area contributed by atoms with E-state index in [2.05, 4.69) is 74.7 Å². The van der Waals surface area contributed by atoms with Gasteiger partial charge < -0.3 is 11.1 Å². The van der Waals surface area contributed by atoms with Crippen molar-refractivity contribution >= 4 is 34.0 Å². The molecule has 0 aliphatic rings. The van der Waals surface area contributed by atoms with Gasteiger partial charge in [-0.25, -0.2) is 0 Å². The lowest BCUT2D eigenvalue weighted by molar-refractivity contribution is 0.302. The largest absolute Gasteiger partial charge is 0.397 e. The standard InChI is InChI=1S/C14H23IN2/c1-13(2,3)9-14(4,5)17-12-7-6-10(15)8-11(12)16/h6-8,17H,9,16H2,1-5H3. The van der Waals surface area contributed by atoms with E-state index < -0.39 is 0 Å². The number of halogens is 1. The van der Waals surface area contributed by atoms with E-state index in [1.807, 2.05) is 6.07 Å². The van der Waals surface area contributed by atoms with Gasteiger partial charge in [-0.1, -0.05) is 20.8 Å². The molecule has 0 fully saturated rings. The summed E-state index contributed by atoms with van der Waals surface area (Å²) in [7, 11) is 0. The van der Waals surface area contributed by atoms with Crippen LogP contribution in [0.4, 0.5) is 11.4 Å². The highest BCUT2D eigenvalue weighted by Crippen LogP contribution is 2.31. The summed E-state index contributed by atoms with van der Waals surface area (Å²) in [5.41, 5.74) is 8.21. The van der Waals surface area contributed by atoms with Crippen molar-refractivity contribution in [1.29, 1.82) is 0 Å². The number of nitrogens with two attached hydrogens (primary N) is 1. The van der Waals surface area contributed by atoms with Crippen LogP contribution < -0.4 is 11.1 Å². The molecule has 0 aliphatic carbocycles. The van der Waals surface area contributed by atoms with E-state index in [4.69, 9.17) is 5.73 Å². The van der Waals surface area contributed by atoms with Crippen LogP contribution in [0.15, 0.2) is 18.2 Å². The number of hydrogen-bond donors (Lipinski definition) is 2. The quantitative estimate of drug-likeness (QED) is 0.625. The smallest absolute Gasteiger partial charge is 0.0578 e. The molecule has 0 aliphatic heterocycles. The Kier molecular flexibility index (Phi) is 4.33. The number of nitrogen functional groups attached to an aromatic ring is 1. The molecule has 0 aromatic heterocycles. The minimum Gasteiger partial charge on any atom is -0.397 e. The molecule has 17 heavy (non-hydrogen) atoms. The number of nitrogens with one attached hydrogen (secondary N) is 1. The van der Waals surface area contributed by atoms with Crippen molar-refractivity contribution in [3.8, 4) is 0 Å². The maximum Gasteiger partial charge on any atom is 0.0578 e. The lowest BCUT2D eigenvalue weighted by Gasteiger charge is -2.34. The monoisotopic (exact) mass is 346 g/mol. The summed E-state index contributed by atoms with van der Waals surface area (Å²) in [5, 5.41) is 3.54. The molecular formula is C14H23IN2. The summed E-state index contributed by atoms with van der Waals surface area (Å²) >= 11 is 2.27. The maximum absolute atomic E-state index is 6.03. The van der Waals surface area contributed by atoms with Gasteiger partial charge in [0.15, 0.2) is 0 Å². The number of hydrogen-bond acceptors (Lipinski definition) is 2. The van der Waals surface area contributed by atoms with Gasteiger partial charge in [-0.05, 0) is 66.5 Å². The van der Waals surface area contributed by atoms with Gasteiger partial charge in [0.25, 0.3) is 0 Å². The molecule has 0 atom stereocenters. The Bertz CT molecular complexity index is 392. The Balaban J connectivity index is 2.83. The van der Waals surface area contributed by atoms with Crippen molar-refractivity contribution in [2.24, 2.45) is 5.41 Å². The van der Waals surface area contributed by atoms with Crippen LogP contribution in [0.5, 0.6) is 0 Å². The molecule has 0 saturated carbocycles. The zero-order valence-electron chi connectivity index (χ0n) is 11.4. The van der Waals surface area contributed by atoms with Gasteiger partial charge in [-0.3, -0.25) is 0 Å². The molecule has 2 nitrogen and oxygen atoms in total. The van der Waals surface area contributed by atoms with Gasteiger partial charge >= 0.3 is 0 Å². The minimum atomic E-state index is 0.0408. The highest BCUT2D eigenvalue weighted by Gasteiger charge is 2.25. The van der Waals surface area contributed by atoms with Gasteiger partial charge in [0.2, 0.25) is 0 Å². The highest BCUT2D eigenvalue weighted by atomic mass is 127. The third kappa shape index (κ3) is 5.15. The van der Waals surface area contributed by atoms with Crippen molar-refractivity contribution in [3.63, 3.8) is 0 Å². The summed E-state index contributed by atoms with van der Waals surface area (Å²) in [4.78, 5) is 0. The van der Waals surface area contributed by atoms with E-state index in [0.29, 0.717) is 5.41 Å². The van der Waals surface area contributed by atoms with Gasteiger partial charge in [0, 0.05) is 9.11 Å². The molecule has 1 aromatic rings. The Hall–Kier alpha value is -0.450. The normalized spacial score (nSPS) is 12.6. The lowest BCUT2D eigenvalue weighted by Crippen LogP contribution is -2.35. The topological polar surface area (TPSA) is 38.0 Å². The zero-order chi connectivity index (χ0) is 13.3. The first-order valence-electron chi connectivity index (χ1n) is 5.92. The first-order valence-corrected chi connectivity index (χ1v) is 7.00. The second-order valence-electron chi connectivity index (χ2n) is 6.48. The number of benzene rings is 1. The Morgan fingerprint density at radius 2 is 1.76 bits per heavy atom. The molecule has 0 heterocycles. The molecular weight excluding hydrogens is 323 g/mol. The van der Waals surface area contributed by atoms with Crippen LogP contribution >= 0.6 is 22.6 Å². The summed E-state index contributed by atoms with van der Waals surface area (Å²) in [6.07, 6.45) is 1.09. The number of anilines is 2. The SMILES string of the molecule is CC(C)(C)CC(C)(C)Nc1ccc(I)cc1N. The molecule has 0 saturated heterocycles. The predicted octanol–water partition coefficient (Wildman–Crippen LogP) is 4.50. The second kappa shape index (κ2) is 5.04. The fraction of sp³-hybridized carbons (Fsp3) is 0.571. The Morgan fingerprint density at radius 3 is 2.24 bits per heavy atom. The summed E-state index contributed by atoms with van der Waals surface area (Å²) in [6, 6.07) is 6.13. The predicted molar refractivity (Wildman–Crippen MR) is 85.3 cm³/mol. The molecule has 0 amide bonds. The first-order chi connectivity index (χ1) is 7.59. The van der Waals surface area contributed by atoms with Crippen LogP contribution in [0.3, 0.4) is 0 Å². The van der Waals surface area contributed by atoms with Crippen molar-refractivity contribution in [2.75, 3.05) is 11.1 Å². The summed E-state index contributed by atoms with van der Waals surface area (Å²) in [6.45, 7) is 11.2. The fourth-order valence-electron chi connectivity index (χ4n) is 2.38. The number of rotatable bonds is 3. The van der Waals surface area contributed by atoms with Crippen LogP contribution in [-0.2, 0) is 0 Å². The van der Waals surface area contributed by atoms with Gasteiger partial charge in [0.05, 0.1) is 11.4 Å². The van der Waals surface area contributed by atoms with Crippen molar-refractivity contribution in [3.05, 3.63) is 21.8 Å². The summed E-state index contributed by atoms with van der Waals surface area (Å²) in [5.74, 6) is 0. The van der Waals surface area contributed by atoms with E-state index >= 15 is 0 Å². The molecule has 3 N–H and O–H groups in total. The van der Waals surface area contributed by atoms with Crippen LogP contribution in [0.2, 0.25) is 0 Å². The van der Waals surface area contributed by atoms with Gasteiger partial charge in [0.1, 0.15) is 0 Å². The van der Waals surface area contributed by atoms with Crippen LogP contribution in [0.1, 0.15) is 41.0 Å². The Morgan fingerprint density at radius 1 is 1.18 bits per heavy atom. The van der Waals surface area contributed by atoms with Crippen molar-refractivity contribution in [1.82, 2.24) is 0 Å². The molecule has 0 bridgehead atoms. The van der Waals surface area contributed by atoms with Crippen LogP contribution in [-0.4, -0.2) is 5.54 Å². The molecule has 96 valence electrons. The fourth-order valence-corrected chi connectivity index (χ4v) is 2.90. The second-order valence-corrected chi connectivity index (χ2v) is 7.72. The molecule has 1 rings (SSSR count). The van der Waals surface area contributed by atoms with E-state index in [9.17, 15) is 0 Å². The molecule has 1 aromatic carbocycles. The molecule has 0 radical (unpaired) electrons. The molecule has 0 unspecified atom stereocenters. The summed E-state index contributed by atoms with van der Waals surface area (Å²) < 4.78 is 1.17. The zero-order valence-corrected chi connectivity index (χ0v) is 13.6. The Labute approximate surface area is 119 Å². The van der Waals surface area contributed by atoms with Gasteiger partial charge in [-0.15, -0.1) is 0 Å². The van der Waals surface area contributed by atoms with E-state index in [1.54, 1.807) is 0 Å². The third-order valence-electron chi connectivity index (χ3n) is 2.46. The molecule has 0 spiro atoms. The van der Waals surface area contributed by atoms with Crippen LogP contribution in [0, 0.1) is 8.99 Å². The van der Waals surface area contributed by atoms with Gasteiger partial charge in [-0.2, -0.15) is 0 Å². The minimum absolute atomic E-state index is 0.0408. The third-order valence-corrected chi connectivity index (χ3v) is 3.13. The lowest BCUT2D eigenvalue weighted by atomic mass is 9.81. The highest BCUT2D eigenvalue weighted by molar-refractivity contribution is 14.1. The molecule has 3 heteroatoms. The van der Waals surface area contributed by atoms with Crippen LogP contribution in [0.25, 0.3) is 0 Å². The van der Waals surface area contributed by atoms with Crippen molar-refractivity contribution < 1.29 is 0 Å². The van der Waals surface area contributed by atoms with E-state index in [-0.39, 0.29) is 5.54 Å². The average Bonchev–Trinajstić information content (AvgIpc) is 2.05. The van der Waals surface area contributed by atoms with E-state index in [0.717, 1.165) is 17.8 Å². The van der Waals surface area contributed by atoms with E-state index in [1.165, 1.54) is 3.57 Å². The van der Waals surface area contributed by atoms with Crippen molar-refractivity contribution in [2.45, 2.75) is 46.6 Å². The first kappa shape index (κ1) is 14.6.